The number of rotatable bonds is 4. The topological polar surface area (TPSA) is 66.8 Å². The van der Waals surface area contributed by atoms with Gasteiger partial charge in [-0.15, -0.1) is 0 Å². The Morgan fingerprint density at radius 3 is 2.34 bits per heavy atom. The fourth-order valence-electron chi connectivity index (χ4n) is 3.95. The van der Waals surface area contributed by atoms with E-state index < -0.39 is 17.7 Å². The molecule has 0 spiro atoms. The highest BCUT2D eigenvalue weighted by molar-refractivity contribution is 6.52. The molecular weight excluding hydrogens is 426 g/mol. The van der Waals surface area contributed by atoms with E-state index in [1.165, 1.54) is 12.0 Å². The van der Waals surface area contributed by atoms with Gasteiger partial charge in [-0.2, -0.15) is 0 Å². The van der Waals surface area contributed by atoms with Crippen LogP contribution in [0.4, 0.5) is 5.69 Å². The Hall–Kier alpha value is -3.57. The molecular formula is C26H22ClNO4. The smallest absolute Gasteiger partial charge is 0.300 e. The summed E-state index contributed by atoms with van der Waals surface area (Å²) in [6.07, 6.45) is 0. The third-order valence-electron chi connectivity index (χ3n) is 5.67. The molecule has 1 atom stereocenters. The number of aliphatic hydroxyl groups is 1. The first-order chi connectivity index (χ1) is 15.3. The Morgan fingerprint density at radius 1 is 1.00 bits per heavy atom. The van der Waals surface area contributed by atoms with Crippen LogP contribution in [0, 0.1) is 13.8 Å². The molecule has 3 aromatic carbocycles. The van der Waals surface area contributed by atoms with Gasteiger partial charge in [-0.05, 0) is 55.3 Å². The SMILES string of the molecule is COc1ccc(Cl)c(/C(O)=C2\C(=O)C(=O)N(c3ccc(C)cc3)C2c2ccccc2C)c1. The lowest BCUT2D eigenvalue weighted by atomic mass is 9.92. The summed E-state index contributed by atoms with van der Waals surface area (Å²) in [5, 5.41) is 11.5. The lowest BCUT2D eigenvalue weighted by Gasteiger charge is -2.26. The number of ketones is 1. The van der Waals surface area contributed by atoms with Crippen LogP contribution in [0.5, 0.6) is 5.75 Å². The van der Waals surface area contributed by atoms with E-state index in [9.17, 15) is 14.7 Å². The monoisotopic (exact) mass is 447 g/mol. The van der Waals surface area contributed by atoms with Gasteiger partial charge >= 0.3 is 0 Å². The molecule has 0 aliphatic carbocycles. The molecule has 162 valence electrons. The highest BCUT2D eigenvalue weighted by Gasteiger charge is 2.47. The number of carbonyl (C=O) groups is 2. The normalized spacial score (nSPS) is 17.6. The molecule has 0 aromatic heterocycles. The zero-order valence-electron chi connectivity index (χ0n) is 17.9. The molecule has 5 nitrogen and oxygen atoms in total. The Labute approximate surface area is 191 Å². The predicted molar refractivity (Wildman–Crippen MR) is 125 cm³/mol. The lowest BCUT2D eigenvalue weighted by Crippen LogP contribution is -2.29. The second-order valence-electron chi connectivity index (χ2n) is 7.71. The maximum Gasteiger partial charge on any atom is 0.300 e. The second-order valence-corrected chi connectivity index (χ2v) is 8.11. The van der Waals surface area contributed by atoms with Gasteiger partial charge in [0.25, 0.3) is 11.7 Å². The van der Waals surface area contributed by atoms with Gasteiger partial charge in [-0.25, -0.2) is 0 Å². The van der Waals surface area contributed by atoms with Crippen LogP contribution in [-0.2, 0) is 9.59 Å². The number of ether oxygens (including phenoxy) is 1. The summed E-state index contributed by atoms with van der Waals surface area (Å²) >= 11 is 6.35. The highest BCUT2D eigenvalue weighted by Crippen LogP contribution is 2.44. The number of benzene rings is 3. The van der Waals surface area contributed by atoms with Crippen molar-refractivity contribution in [3.05, 3.63) is 99.6 Å². The number of methoxy groups -OCH3 is 1. The Balaban J connectivity index is 1.99. The Kier molecular flexibility index (Phi) is 5.76. The van der Waals surface area contributed by atoms with E-state index in [0.29, 0.717) is 11.4 Å². The van der Waals surface area contributed by atoms with E-state index >= 15 is 0 Å². The van der Waals surface area contributed by atoms with Gasteiger partial charge in [-0.1, -0.05) is 53.6 Å². The minimum Gasteiger partial charge on any atom is -0.507 e. The first kappa shape index (κ1) is 21.7. The summed E-state index contributed by atoms with van der Waals surface area (Å²) in [5.74, 6) is -1.34. The van der Waals surface area contributed by atoms with E-state index in [2.05, 4.69) is 0 Å². The summed E-state index contributed by atoms with van der Waals surface area (Å²) in [7, 11) is 1.50. The van der Waals surface area contributed by atoms with Crippen LogP contribution in [0.1, 0.15) is 28.3 Å². The molecule has 0 radical (unpaired) electrons. The van der Waals surface area contributed by atoms with Gasteiger partial charge < -0.3 is 9.84 Å². The zero-order valence-corrected chi connectivity index (χ0v) is 18.7. The minimum atomic E-state index is -0.804. The number of amides is 1. The van der Waals surface area contributed by atoms with E-state index in [4.69, 9.17) is 16.3 Å². The van der Waals surface area contributed by atoms with E-state index in [1.807, 2.05) is 50.2 Å². The van der Waals surface area contributed by atoms with E-state index in [-0.39, 0.29) is 21.9 Å². The van der Waals surface area contributed by atoms with Crippen LogP contribution in [0.15, 0.2) is 72.3 Å². The quantitative estimate of drug-likeness (QED) is 0.321. The fraction of sp³-hybridized carbons (Fsp3) is 0.154. The van der Waals surface area contributed by atoms with Crippen molar-refractivity contribution < 1.29 is 19.4 Å². The summed E-state index contributed by atoms with van der Waals surface area (Å²) < 4.78 is 5.25. The van der Waals surface area contributed by atoms with Crippen molar-refractivity contribution in [3.63, 3.8) is 0 Å². The molecule has 0 saturated carbocycles. The number of hydrogen-bond donors (Lipinski definition) is 1. The first-order valence-electron chi connectivity index (χ1n) is 10.1. The van der Waals surface area contributed by atoms with Crippen LogP contribution in [0.2, 0.25) is 5.02 Å². The van der Waals surface area contributed by atoms with Crippen molar-refractivity contribution in [1.29, 1.82) is 0 Å². The summed E-state index contributed by atoms with van der Waals surface area (Å²) in [5.41, 5.74) is 3.45. The van der Waals surface area contributed by atoms with E-state index in [0.717, 1.165) is 16.7 Å². The van der Waals surface area contributed by atoms with Gasteiger partial charge in [0, 0.05) is 11.3 Å². The van der Waals surface area contributed by atoms with Crippen LogP contribution in [0.25, 0.3) is 5.76 Å². The van der Waals surface area contributed by atoms with Crippen molar-refractivity contribution in [1.82, 2.24) is 0 Å². The number of Topliss-reactive ketones (excluding diaryl/α,β-unsaturated/α-hetero) is 1. The van der Waals surface area contributed by atoms with Gasteiger partial charge in [0.05, 0.1) is 23.7 Å². The molecule has 1 aliphatic rings. The molecule has 1 fully saturated rings. The minimum absolute atomic E-state index is 0.0139. The maximum absolute atomic E-state index is 13.2. The summed E-state index contributed by atoms with van der Waals surface area (Å²) in [6.45, 7) is 3.85. The number of aliphatic hydroxyl groups excluding tert-OH is 1. The maximum atomic E-state index is 13.2. The molecule has 1 aliphatic heterocycles. The van der Waals surface area contributed by atoms with Gasteiger partial charge in [0.1, 0.15) is 11.5 Å². The summed E-state index contributed by atoms with van der Waals surface area (Å²) in [4.78, 5) is 27.9. The van der Waals surface area contributed by atoms with Gasteiger partial charge in [0.15, 0.2) is 0 Å². The molecule has 1 N–H and O–H groups in total. The largest absolute Gasteiger partial charge is 0.507 e. The first-order valence-corrected chi connectivity index (χ1v) is 10.5. The molecule has 6 heteroatoms. The molecule has 1 amide bonds. The molecule has 3 aromatic rings. The predicted octanol–water partition coefficient (Wildman–Crippen LogP) is 5.59. The highest BCUT2D eigenvalue weighted by atomic mass is 35.5. The fourth-order valence-corrected chi connectivity index (χ4v) is 4.16. The number of hydrogen-bond acceptors (Lipinski definition) is 4. The molecule has 32 heavy (non-hydrogen) atoms. The number of anilines is 1. The zero-order chi connectivity index (χ0) is 23.0. The molecule has 1 saturated heterocycles. The number of carbonyl (C=O) groups excluding carboxylic acids is 2. The molecule has 4 rings (SSSR count). The van der Waals surface area contributed by atoms with Crippen molar-refractivity contribution in [2.75, 3.05) is 12.0 Å². The van der Waals surface area contributed by atoms with Crippen LogP contribution < -0.4 is 9.64 Å². The number of halogens is 1. The third-order valence-corrected chi connectivity index (χ3v) is 6.00. The average Bonchev–Trinajstić information content (AvgIpc) is 3.05. The molecule has 1 heterocycles. The van der Waals surface area contributed by atoms with Crippen molar-refractivity contribution in [2.24, 2.45) is 0 Å². The Morgan fingerprint density at radius 2 is 1.69 bits per heavy atom. The van der Waals surface area contributed by atoms with Crippen molar-refractivity contribution >= 4 is 34.7 Å². The molecule has 1 unspecified atom stereocenters. The molecule has 0 bridgehead atoms. The second kappa shape index (κ2) is 8.52. The van der Waals surface area contributed by atoms with Crippen LogP contribution in [0.3, 0.4) is 0 Å². The standard InChI is InChI=1S/C26H22ClNO4/c1-15-8-10-17(11-9-15)28-23(19-7-5-4-6-16(19)2)22(25(30)26(28)31)24(29)20-14-18(32-3)12-13-21(20)27/h4-14,23,29H,1-3H3/b24-22+. The van der Waals surface area contributed by atoms with Crippen molar-refractivity contribution in [2.45, 2.75) is 19.9 Å². The average molecular weight is 448 g/mol. The van der Waals surface area contributed by atoms with Gasteiger partial charge in [-0.3, -0.25) is 14.5 Å². The van der Waals surface area contributed by atoms with E-state index in [1.54, 1.807) is 30.3 Å². The Bertz CT molecular complexity index is 1250. The van der Waals surface area contributed by atoms with Crippen LogP contribution in [-0.4, -0.2) is 23.9 Å². The number of nitrogens with zero attached hydrogens (tertiary/aromatic N) is 1. The summed E-state index contributed by atoms with van der Waals surface area (Å²) in [6, 6.07) is 18.8. The lowest BCUT2D eigenvalue weighted by molar-refractivity contribution is -0.132. The van der Waals surface area contributed by atoms with Gasteiger partial charge in [0.2, 0.25) is 0 Å². The van der Waals surface area contributed by atoms with Crippen LogP contribution >= 0.6 is 11.6 Å². The van der Waals surface area contributed by atoms with Crippen molar-refractivity contribution in [3.8, 4) is 5.75 Å². The number of aryl methyl sites for hydroxylation is 2. The third kappa shape index (κ3) is 3.65.